The van der Waals surface area contributed by atoms with Crippen molar-refractivity contribution in [1.82, 2.24) is 9.29 Å². The molecule has 5 nitrogen and oxygen atoms in total. The zero-order valence-electron chi connectivity index (χ0n) is 11.9. The maximum atomic E-state index is 12.0. The molecule has 0 aliphatic heterocycles. The van der Waals surface area contributed by atoms with Gasteiger partial charge >= 0.3 is 0 Å². The van der Waals surface area contributed by atoms with Crippen molar-refractivity contribution < 1.29 is 8.42 Å². The lowest BCUT2D eigenvalue weighted by molar-refractivity contribution is 0.561. The lowest BCUT2D eigenvalue weighted by Crippen LogP contribution is -2.25. The summed E-state index contributed by atoms with van der Waals surface area (Å²) in [4.78, 5) is 11.9. The molecule has 0 aliphatic carbocycles. The highest BCUT2D eigenvalue weighted by Gasteiger charge is 2.11. The third-order valence-corrected chi connectivity index (χ3v) is 5.06. The molecule has 0 saturated carbocycles. The van der Waals surface area contributed by atoms with Gasteiger partial charge < -0.3 is 4.57 Å². The predicted octanol–water partition coefficient (Wildman–Crippen LogP) is 2.37. The van der Waals surface area contributed by atoms with Gasteiger partial charge in [0, 0.05) is 29.8 Å². The number of nitrogens with one attached hydrogen (secondary N) is 1. The van der Waals surface area contributed by atoms with Crippen LogP contribution < -0.4 is 10.3 Å². The van der Waals surface area contributed by atoms with E-state index in [0.29, 0.717) is 25.9 Å². The van der Waals surface area contributed by atoms with Crippen LogP contribution in [-0.2, 0) is 16.6 Å². The molecule has 0 atom stereocenters. The molecule has 0 bridgehead atoms. The van der Waals surface area contributed by atoms with E-state index >= 15 is 0 Å². The van der Waals surface area contributed by atoms with Crippen LogP contribution >= 0.6 is 15.9 Å². The lowest BCUT2D eigenvalue weighted by Gasteiger charge is -2.08. The first kappa shape index (κ1) is 16.9. The third kappa shape index (κ3) is 4.79. The Labute approximate surface area is 138 Å². The van der Waals surface area contributed by atoms with Crippen molar-refractivity contribution in [3.8, 4) is 0 Å². The van der Waals surface area contributed by atoms with E-state index in [1.807, 2.05) is 0 Å². The van der Waals surface area contributed by atoms with Crippen molar-refractivity contribution in [2.75, 3.05) is 6.54 Å². The molecule has 0 unspecified atom stereocenters. The van der Waals surface area contributed by atoms with Gasteiger partial charge in [-0.3, -0.25) is 4.79 Å². The topological polar surface area (TPSA) is 68.2 Å². The molecule has 0 fully saturated rings. The molecule has 2 aromatic rings. The summed E-state index contributed by atoms with van der Waals surface area (Å²) in [6, 6.07) is 11.5. The molecular weight excluding hydrogens is 368 g/mol. The number of unbranched alkanes of at least 4 members (excludes halogenated alkanes) is 1. The van der Waals surface area contributed by atoms with Crippen molar-refractivity contribution in [1.29, 1.82) is 0 Å². The Morgan fingerprint density at radius 2 is 1.77 bits per heavy atom. The Balaban J connectivity index is 1.80. The Kier molecular flexibility index (Phi) is 5.93. The highest BCUT2D eigenvalue weighted by atomic mass is 79.9. The van der Waals surface area contributed by atoms with Crippen molar-refractivity contribution >= 4 is 26.0 Å². The molecule has 2 rings (SSSR count). The predicted molar refractivity (Wildman–Crippen MR) is 89.3 cm³/mol. The first-order valence-electron chi connectivity index (χ1n) is 6.90. The number of hydrogen-bond acceptors (Lipinski definition) is 3. The molecular formula is C15H17BrN2O3S. The number of sulfonamides is 1. The number of hydrogen-bond donors (Lipinski definition) is 1. The van der Waals surface area contributed by atoms with Crippen molar-refractivity contribution in [2.24, 2.45) is 0 Å². The van der Waals surface area contributed by atoms with Gasteiger partial charge in [0.25, 0.3) is 5.56 Å². The second-order valence-corrected chi connectivity index (χ2v) is 7.48. The molecule has 0 amide bonds. The largest absolute Gasteiger partial charge is 0.314 e. The Hall–Kier alpha value is -1.44. The highest BCUT2D eigenvalue weighted by molar-refractivity contribution is 9.10. The van der Waals surface area contributed by atoms with E-state index in [2.05, 4.69) is 20.7 Å². The molecule has 1 aromatic heterocycles. The molecule has 22 heavy (non-hydrogen) atoms. The normalized spacial score (nSPS) is 11.5. The number of aryl methyl sites for hydroxylation is 1. The van der Waals surface area contributed by atoms with Crippen LogP contribution in [0.3, 0.4) is 0 Å². The standard InChI is InChI=1S/C15H17BrN2O3S/c16-13-8-9-15(19)18(12-13)11-5-4-10-17-22(20,21)14-6-2-1-3-7-14/h1-3,6-9,12,17H,4-5,10-11H2. The summed E-state index contributed by atoms with van der Waals surface area (Å²) < 4.78 is 29.0. The molecule has 0 radical (unpaired) electrons. The SMILES string of the molecule is O=c1ccc(Br)cn1CCCCNS(=O)(=O)c1ccccc1. The van der Waals surface area contributed by atoms with Crippen LogP contribution in [0.15, 0.2) is 62.8 Å². The summed E-state index contributed by atoms with van der Waals surface area (Å²) >= 11 is 3.32. The first-order chi connectivity index (χ1) is 10.5. The van der Waals surface area contributed by atoms with Gasteiger partial charge in [0.05, 0.1) is 4.90 Å². The number of rotatable bonds is 7. The Morgan fingerprint density at radius 1 is 1.05 bits per heavy atom. The van der Waals surface area contributed by atoms with Crippen LogP contribution in [0.2, 0.25) is 0 Å². The molecule has 118 valence electrons. The van der Waals surface area contributed by atoms with Crippen LogP contribution in [0.1, 0.15) is 12.8 Å². The number of halogens is 1. The van der Waals surface area contributed by atoms with E-state index in [1.54, 1.807) is 47.2 Å². The van der Waals surface area contributed by atoms with Gasteiger partial charge in [-0.05, 0) is 47.0 Å². The van der Waals surface area contributed by atoms with Crippen LogP contribution in [0.5, 0.6) is 0 Å². The summed E-state index contributed by atoms with van der Waals surface area (Å²) in [5, 5.41) is 0. The van der Waals surface area contributed by atoms with E-state index in [-0.39, 0.29) is 10.5 Å². The van der Waals surface area contributed by atoms with E-state index in [1.165, 1.54) is 6.07 Å². The average molecular weight is 385 g/mol. The average Bonchev–Trinajstić information content (AvgIpc) is 2.51. The fraction of sp³-hybridized carbons (Fsp3) is 0.267. The van der Waals surface area contributed by atoms with Gasteiger partial charge in [-0.1, -0.05) is 18.2 Å². The van der Waals surface area contributed by atoms with Crippen LogP contribution in [0.4, 0.5) is 0 Å². The van der Waals surface area contributed by atoms with Crippen molar-refractivity contribution in [3.63, 3.8) is 0 Å². The second kappa shape index (κ2) is 7.71. The van der Waals surface area contributed by atoms with Crippen molar-refractivity contribution in [2.45, 2.75) is 24.3 Å². The molecule has 1 heterocycles. The number of aromatic nitrogens is 1. The van der Waals surface area contributed by atoms with Crippen LogP contribution in [0.25, 0.3) is 0 Å². The minimum absolute atomic E-state index is 0.0620. The lowest BCUT2D eigenvalue weighted by atomic mass is 10.3. The number of nitrogens with zero attached hydrogens (tertiary/aromatic N) is 1. The van der Waals surface area contributed by atoms with Crippen LogP contribution in [-0.4, -0.2) is 19.5 Å². The summed E-state index contributed by atoms with van der Waals surface area (Å²) in [6.07, 6.45) is 3.11. The van der Waals surface area contributed by atoms with Crippen molar-refractivity contribution in [3.05, 3.63) is 63.5 Å². The summed E-state index contributed by atoms with van der Waals surface area (Å²) in [5.41, 5.74) is -0.0620. The van der Waals surface area contributed by atoms with E-state index < -0.39 is 10.0 Å². The minimum atomic E-state index is -3.45. The van der Waals surface area contributed by atoms with Crippen LogP contribution in [0, 0.1) is 0 Å². The van der Waals surface area contributed by atoms with Gasteiger partial charge in [-0.15, -0.1) is 0 Å². The third-order valence-electron chi connectivity index (χ3n) is 3.12. The van der Waals surface area contributed by atoms with Gasteiger partial charge in [-0.2, -0.15) is 0 Å². The van der Waals surface area contributed by atoms with Gasteiger partial charge in [0.15, 0.2) is 0 Å². The highest BCUT2D eigenvalue weighted by Crippen LogP contribution is 2.08. The van der Waals surface area contributed by atoms with E-state index in [4.69, 9.17) is 0 Å². The first-order valence-corrected chi connectivity index (χ1v) is 9.17. The quantitative estimate of drug-likeness (QED) is 0.745. The molecule has 0 spiro atoms. The smallest absolute Gasteiger partial charge is 0.250 e. The maximum Gasteiger partial charge on any atom is 0.250 e. The minimum Gasteiger partial charge on any atom is -0.314 e. The molecule has 1 N–H and O–H groups in total. The zero-order chi connectivity index (χ0) is 16.0. The maximum absolute atomic E-state index is 12.0. The van der Waals surface area contributed by atoms with Gasteiger partial charge in [-0.25, -0.2) is 13.1 Å². The Morgan fingerprint density at radius 3 is 2.50 bits per heavy atom. The zero-order valence-corrected chi connectivity index (χ0v) is 14.3. The van der Waals surface area contributed by atoms with E-state index in [0.717, 1.165) is 4.47 Å². The Bertz CT molecular complexity index is 773. The van der Waals surface area contributed by atoms with E-state index in [9.17, 15) is 13.2 Å². The van der Waals surface area contributed by atoms with Gasteiger partial charge in [0.2, 0.25) is 10.0 Å². The number of pyridine rings is 1. The number of benzene rings is 1. The molecule has 1 aromatic carbocycles. The summed E-state index contributed by atoms with van der Waals surface area (Å²) in [7, 11) is -3.45. The summed E-state index contributed by atoms with van der Waals surface area (Å²) in [5.74, 6) is 0. The fourth-order valence-electron chi connectivity index (χ4n) is 1.97. The summed E-state index contributed by atoms with van der Waals surface area (Å²) in [6.45, 7) is 0.908. The molecule has 0 aliphatic rings. The second-order valence-electron chi connectivity index (χ2n) is 4.80. The fourth-order valence-corrected chi connectivity index (χ4v) is 3.45. The van der Waals surface area contributed by atoms with Gasteiger partial charge in [0.1, 0.15) is 0 Å². The molecule has 0 saturated heterocycles. The monoisotopic (exact) mass is 384 g/mol. The molecule has 7 heteroatoms.